The quantitative estimate of drug-likeness (QED) is 0.702. The lowest BCUT2D eigenvalue weighted by molar-refractivity contribution is 0.0142. The largest absolute Gasteiger partial charge is 0.386 e. The van der Waals surface area contributed by atoms with Crippen LogP contribution in [0.2, 0.25) is 0 Å². The molecule has 98 valence electrons. The summed E-state index contributed by atoms with van der Waals surface area (Å²) in [6.45, 7) is 4.64. The van der Waals surface area contributed by atoms with Gasteiger partial charge in [-0.15, -0.1) is 0 Å². The number of allylic oxidation sites excluding steroid dienone is 1. The van der Waals surface area contributed by atoms with Gasteiger partial charge < -0.3 is 5.11 Å². The summed E-state index contributed by atoms with van der Waals surface area (Å²) in [6.07, 6.45) is 13.0. The van der Waals surface area contributed by atoms with E-state index in [9.17, 15) is 5.11 Å². The smallest absolute Gasteiger partial charge is 0.0857 e. The lowest BCUT2D eigenvalue weighted by Gasteiger charge is -2.39. The van der Waals surface area contributed by atoms with Crippen LogP contribution in [0.15, 0.2) is 11.6 Å². The molecule has 1 heteroatoms. The highest BCUT2D eigenvalue weighted by molar-refractivity contribution is 5.18. The molecule has 1 N–H and O–H groups in total. The molecule has 1 fully saturated rings. The molecule has 1 saturated carbocycles. The lowest BCUT2D eigenvalue weighted by Crippen LogP contribution is -2.37. The van der Waals surface area contributed by atoms with Crippen molar-refractivity contribution in [2.45, 2.75) is 77.2 Å². The van der Waals surface area contributed by atoms with Crippen molar-refractivity contribution in [1.29, 1.82) is 0 Å². The van der Waals surface area contributed by atoms with Crippen LogP contribution in [0.25, 0.3) is 0 Å². The number of aliphatic hydroxyl groups is 1. The van der Waals surface area contributed by atoms with E-state index in [1.54, 1.807) is 0 Å². The van der Waals surface area contributed by atoms with Crippen LogP contribution in [0.1, 0.15) is 71.6 Å². The van der Waals surface area contributed by atoms with Gasteiger partial charge in [0.15, 0.2) is 0 Å². The molecule has 0 amide bonds. The van der Waals surface area contributed by atoms with Crippen LogP contribution in [-0.2, 0) is 0 Å². The van der Waals surface area contributed by atoms with Crippen molar-refractivity contribution in [3.63, 3.8) is 0 Å². The molecule has 0 saturated heterocycles. The van der Waals surface area contributed by atoms with Gasteiger partial charge in [-0.3, -0.25) is 0 Å². The summed E-state index contributed by atoms with van der Waals surface area (Å²) >= 11 is 0. The highest BCUT2D eigenvalue weighted by Gasteiger charge is 2.36. The van der Waals surface area contributed by atoms with Crippen molar-refractivity contribution in [2.75, 3.05) is 0 Å². The zero-order valence-electron chi connectivity index (χ0n) is 11.5. The molecule has 0 aromatic rings. The fourth-order valence-corrected chi connectivity index (χ4v) is 3.54. The molecule has 2 aliphatic rings. The maximum Gasteiger partial charge on any atom is 0.0857 e. The third-order valence-corrected chi connectivity index (χ3v) is 4.94. The molecule has 0 spiro atoms. The zero-order chi connectivity index (χ0) is 12.3. The van der Waals surface area contributed by atoms with E-state index in [1.165, 1.54) is 44.1 Å². The van der Waals surface area contributed by atoms with Gasteiger partial charge in [-0.1, -0.05) is 26.3 Å². The summed E-state index contributed by atoms with van der Waals surface area (Å²) in [5.41, 5.74) is 0.938. The van der Waals surface area contributed by atoms with E-state index in [1.807, 2.05) is 0 Å². The molecular formula is C16H28O. The Balaban J connectivity index is 1.98. The van der Waals surface area contributed by atoms with Gasteiger partial charge in [0.1, 0.15) is 0 Å². The minimum atomic E-state index is -0.435. The highest BCUT2D eigenvalue weighted by atomic mass is 16.3. The molecular weight excluding hydrogens is 208 g/mol. The summed E-state index contributed by atoms with van der Waals surface area (Å²) in [4.78, 5) is 0. The molecule has 1 nitrogen and oxygen atoms in total. The van der Waals surface area contributed by atoms with Crippen molar-refractivity contribution >= 4 is 0 Å². The van der Waals surface area contributed by atoms with Gasteiger partial charge in [0, 0.05) is 0 Å². The van der Waals surface area contributed by atoms with Crippen LogP contribution in [0, 0.1) is 11.8 Å². The summed E-state index contributed by atoms with van der Waals surface area (Å²) in [5, 5.41) is 10.9. The summed E-state index contributed by atoms with van der Waals surface area (Å²) in [5.74, 6) is 1.62. The molecule has 0 aliphatic heterocycles. The van der Waals surface area contributed by atoms with Gasteiger partial charge >= 0.3 is 0 Å². The van der Waals surface area contributed by atoms with E-state index in [0.29, 0.717) is 0 Å². The first-order valence-corrected chi connectivity index (χ1v) is 7.54. The van der Waals surface area contributed by atoms with Gasteiger partial charge in [0.25, 0.3) is 0 Å². The maximum atomic E-state index is 10.9. The van der Waals surface area contributed by atoms with Gasteiger partial charge in [-0.25, -0.2) is 0 Å². The van der Waals surface area contributed by atoms with Crippen LogP contribution in [-0.4, -0.2) is 10.7 Å². The second-order valence-electron chi connectivity index (χ2n) is 6.44. The van der Waals surface area contributed by atoms with Crippen LogP contribution in [0.3, 0.4) is 0 Å². The van der Waals surface area contributed by atoms with Crippen LogP contribution >= 0.6 is 0 Å². The van der Waals surface area contributed by atoms with Gasteiger partial charge in [-0.05, 0) is 68.8 Å². The van der Waals surface area contributed by atoms with E-state index >= 15 is 0 Å². The second-order valence-corrected chi connectivity index (χ2v) is 6.44. The number of rotatable bonds is 2. The Hall–Kier alpha value is -0.300. The second kappa shape index (κ2) is 5.56. The van der Waals surface area contributed by atoms with Crippen LogP contribution < -0.4 is 0 Å². The Morgan fingerprint density at radius 1 is 1.18 bits per heavy atom. The lowest BCUT2D eigenvalue weighted by atomic mass is 9.71. The first kappa shape index (κ1) is 13.1. The van der Waals surface area contributed by atoms with E-state index in [-0.39, 0.29) is 0 Å². The molecule has 0 aromatic carbocycles. The van der Waals surface area contributed by atoms with Crippen molar-refractivity contribution in [3.05, 3.63) is 11.6 Å². The van der Waals surface area contributed by atoms with Crippen molar-refractivity contribution in [1.82, 2.24) is 0 Å². The third kappa shape index (κ3) is 3.13. The van der Waals surface area contributed by atoms with Crippen molar-refractivity contribution in [3.8, 4) is 0 Å². The van der Waals surface area contributed by atoms with Gasteiger partial charge in [0.05, 0.1) is 5.60 Å². The Labute approximate surface area is 106 Å². The Bertz CT molecular complexity index is 269. The SMILES string of the molecule is CC(C)C1CCC(O)(C2=CCCCCC2)CC1. The Kier molecular flexibility index (Phi) is 4.30. The highest BCUT2D eigenvalue weighted by Crippen LogP contribution is 2.41. The molecule has 0 aromatic heterocycles. The average Bonchev–Trinajstić information content (AvgIpc) is 2.58. The minimum absolute atomic E-state index is 0.435. The summed E-state index contributed by atoms with van der Waals surface area (Å²) < 4.78 is 0. The van der Waals surface area contributed by atoms with Crippen molar-refractivity contribution in [2.24, 2.45) is 11.8 Å². The van der Waals surface area contributed by atoms with Crippen LogP contribution in [0.5, 0.6) is 0 Å². The number of hydrogen-bond acceptors (Lipinski definition) is 1. The molecule has 0 radical (unpaired) electrons. The molecule has 17 heavy (non-hydrogen) atoms. The topological polar surface area (TPSA) is 20.2 Å². The van der Waals surface area contributed by atoms with Gasteiger partial charge in [0.2, 0.25) is 0 Å². The Morgan fingerprint density at radius 3 is 2.53 bits per heavy atom. The minimum Gasteiger partial charge on any atom is -0.386 e. The fourth-order valence-electron chi connectivity index (χ4n) is 3.54. The monoisotopic (exact) mass is 236 g/mol. The molecule has 2 aliphatic carbocycles. The predicted molar refractivity (Wildman–Crippen MR) is 72.9 cm³/mol. The molecule has 2 rings (SSSR count). The van der Waals surface area contributed by atoms with E-state index in [0.717, 1.165) is 31.1 Å². The van der Waals surface area contributed by atoms with Crippen LogP contribution in [0.4, 0.5) is 0 Å². The molecule has 0 heterocycles. The molecule has 0 atom stereocenters. The normalized spacial score (nSPS) is 35.5. The first-order valence-electron chi connectivity index (χ1n) is 7.54. The fraction of sp³-hybridized carbons (Fsp3) is 0.875. The summed E-state index contributed by atoms with van der Waals surface area (Å²) in [7, 11) is 0. The molecule has 0 unspecified atom stereocenters. The summed E-state index contributed by atoms with van der Waals surface area (Å²) in [6, 6.07) is 0. The zero-order valence-corrected chi connectivity index (χ0v) is 11.5. The third-order valence-electron chi connectivity index (χ3n) is 4.94. The number of hydrogen-bond donors (Lipinski definition) is 1. The van der Waals surface area contributed by atoms with E-state index in [2.05, 4.69) is 19.9 Å². The standard InChI is InChI=1S/C16H28O/c1-13(2)14-9-11-16(17,12-10-14)15-7-5-3-4-6-8-15/h7,13-14,17H,3-6,8-12H2,1-2H3. The first-order chi connectivity index (χ1) is 8.12. The average molecular weight is 236 g/mol. The Morgan fingerprint density at radius 2 is 1.88 bits per heavy atom. The van der Waals surface area contributed by atoms with Crippen molar-refractivity contribution < 1.29 is 5.11 Å². The maximum absolute atomic E-state index is 10.9. The molecule has 0 bridgehead atoms. The van der Waals surface area contributed by atoms with E-state index < -0.39 is 5.60 Å². The predicted octanol–water partition coefficient (Wildman–Crippen LogP) is 4.45. The van der Waals surface area contributed by atoms with Gasteiger partial charge in [-0.2, -0.15) is 0 Å². The van der Waals surface area contributed by atoms with E-state index in [4.69, 9.17) is 0 Å².